The Hall–Kier alpha value is -2.05. The number of esters is 4. The number of hydrogen-bond donors (Lipinski definition) is 0. The Kier molecular flexibility index (Phi) is 59.3. The van der Waals surface area contributed by atoms with Gasteiger partial charge in [0.2, 0.25) is 16.6 Å². The van der Waals surface area contributed by atoms with E-state index in [-0.39, 0.29) is 116 Å². The van der Waals surface area contributed by atoms with Crippen LogP contribution >= 0.6 is 0 Å². The van der Waals surface area contributed by atoms with Crippen LogP contribution in [0.5, 0.6) is 0 Å². The molecule has 440 valence electrons. The molecule has 0 radical (unpaired) electrons. The SMILES string of the molecule is C.C.C.C.C.C.C.C.C.C.C=C(C)C(=O)OCCC[Si](C)(C)O[Si](C)(C)CCCOC(=O)C(=C)C.C=C(C)C(=O)OC[Si](C)(C)O[SiH](C)O[Si](C)(C)O[Si](C)(CCC(F)(F)F)O[Si](C)(C)COC(=O)C(=C)C. The van der Waals surface area contributed by atoms with E-state index in [0.29, 0.717) is 24.4 Å². The van der Waals surface area contributed by atoms with Crippen molar-refractivity contribution in [2.24, 2.45) is 0 Å². The van der Waals surface area contributed by atoms with E-state index in [9.17, 15) is 32.3 Å². The average molecular weight is 1170 g/mol. The van der Waals surface area contributed by atoms with E-state index in [1.165, 1.54) is 6.92 Å². The van der Waals surface area contributed by atoms with Crippen molar-refractivity contribution in [1.82, 2.24) is 0 Å². The summed E-state index contributed by atoms with van der Waals surface area (Å²) in [5.74, 6) is -1.75. The first-order valence-corrected chi connectivity index (χ1v) is 40.5. The first kappa shape index (κ1) is 99.0. The van der Waals surface area contributed by atoms with Crippen LogP contribution in [0.1, 0.15) is 121 Å². The minimum absolute atomic E-state index is 0. The van der Waals surface area contributed by atoms with Crippen LogP contribution in [0.15, 0.2) is 48.6 Å². The highest BCUT2D eigenvalue weighted by atomic mass is 28.5. The van der Waals surface area contributed by atoms with Crippen LogP contribution in [0.2, 0.25) is 96.7 Å². The Morgan fingerprint density at radius 2 is 0.750 bits per heavy atom. The molecule has 0 saturated heterocycles. The molecule has 0 aliphatic rings. The van der Waals surface area contributed by atoms with Crippen molar-refractivity contribution in [2.45, 2.75) is 224 Å². The molecule has 23 heteroatoms. The van der Waals surface area contributed by atoms with Gasteiger partial charge in [0.05, 0.1) is 13.2 Å². The van der Waals surface area contributed by atoms with Crippen LogP contribution in [0.25, 0.3) is 0 Å². The number of carbonyl (C=O) groups is 4. The van der Waals surface area contributed by atoms with Gasteiger partial charge in [-0.1, -0.05) is 101 Å². The second-order valence-electron chi connectivity index (χ2n) is 18.5. The summed E-state index contributed by atoms with van der Waals surface area (Å²) in [5, 5.41) is 0. The molecule has 0 aliphatic carbocycles. The number of alkyl halides is 3. The molecular formula is C49H117F3O13Si7. The zero-order valence-corrected chi connectivity index (χ0v) is 47.6. The highest BCUT2D eigenvalue weighted by Gasteiger charge is 2.47. The molecule has 0 aromatic carbocycles. The number of ether oxygens (including phenoxy) is 4. The minimum Gasteiger partial charge on any atom is -0.463 e. The van der Waals surface area contributed by atoms with E-state index < -0.39 is 84.2 Å². The van der Waals surface area contributed by atoms with Crippen LogP contribution < -0.4 is 0 Å². The number of hydrogen-bond acceptors (Lipinski definition) is 13. The number of carbonyl (C=O) groups excluding carboxylic acids is 4. The van der Waals surface area contributed by atoms with Gasteiger partial charge in [0, 0.05) is 28.7 Å². The molecule has 0 spiro atoms. The van der Waals surface area contributed by atoms with Gasteiger partial charge in [0.15, 0.2) is 16.6 Å². The van der Waals surface area contributed by atoms with Gasteiger partial charge < -0.3 is 39.5 Å². The molecule has 0 amide bonds. The monoisotopic (exact) mass is 1170 g/mol. The van der Waals surface area contributed by atoms with Crippen molar-refractivity contribution in [2.75, 3.05) is 25.7 Å². The normalized spacial score (nSPS) is 12.0. The second kappa shape index (κ2) is 43.1. The van der Waals surface area contributed by atoms with Crippen molar-refractivity contribution in [3.05, 3.63) is 48.6 Å². The second-order valence-corrected chi connectivity index (χ2v) is 45.2. The van der Waals surface area contributed by atoms with Gasteiger partial charge in [0.25, 0.3) is 9.28 Å². The maximum atomic E-state index is 13.1. The van der Waals surface area contributed by atoms with Crippen molar-refractivity contribution in [1.29, 1.82) is 0 Å². The van der Waals surface area contributed by atoms with E-state index in [0.717, 1.165) is 24.9 Å². The zero-order chi connectivity index (χ0) is 49.1. The Bertz CT molecular complexity index is 1520. The zero-order valence-electron chi connectivity index (χ0n) is 40.4. The largest absolute Gasteiger partial charge is 0.463 e. The highest BCUT2D eigenvalue weighted by molar-refractivity contribution is 6.88. The van der Waals surface area contributed by atoms with E-state index in [2.05, 4.69) is 52.5 Å². The summed E-state index contributed by atoms with van der Waals surface area (Å²) in [4.78, 5) is 46.2. The molecule has 13 nitrogen and oxygen atoms in total. The summed E-state index contributed by atoms with van der Waals surface area (Å²) in [7, 11) is -17.6. The Morgan fingerprint density at radius 3 is 1.06 bits per heavy atom. The summed E-state index contributed by atoms with van der Waals surface area (Å²) in [6.07, 6.45) is -3.76. The molecule has 0 heterocycles. The van der Waals surface area contributed by atoms with E-state index >= 15 is 0 Å². The van der Waals surface area contributed by atoms with Crippen LogP contribution in [0, 0.1) is 0 Å². The number of rotatable bonds is 28. The van der Waals surface area contributed by atoms with Gasteiger partial charge in [-0.05, 0) is 137 Å². The van der Waals surface area contributed by atoms with Gasteiger partial charge in [-0.2, -0.15) is 13.2 Å². The Balaban J connectivity index is -0.0000000924. The molecule has 0 aromatic rings. The van der Waals surface area contributed by atoms with Crippen LogP contribution in [-0.4, -0.2) is 115 Å². The topological polar surface area (TPSA) is 151 Å². The lowest BCUT2D eigenvalue weighted by Gasteiger charge is -2.41. The lowest BCUT2D eigenvalue weighted by molar-refractivity contribution is -0.139. The van der Waals surface area contributed by atoms with Crippen molar-refractivity contribution in [3.8, 4) is 0 Å². The Labute approximate surface area is 451 Å². The summed E-state index contributed by atoms with van der Waals surface area (Å²) in [5.41, 5.74) is 1.36. The van der Waals surface area contributed by atoms with Gasteiger partial charge in [-0.25, -0.2) is 19.2 Å². The first-order chi connectivity index (χ1) is 27.7. The standard InChI is InChI=1S/C21H43F3O8Si5.C18H34O5Si2.10CH4/c1-17(2)19(25)27-15-34(6,7)29-33(5)30-36(10,11)32-37(12,14-13-21(22,23)24)31-35(8,9)16-28-20(26)18(3)4;1-15(2)17(19)21-11-9-13-24(5,6)23-25(7,8)14-10-12-22-18(20)16(3)4;;;;;;;;;;/h33H,1,3,13-16H2,2,4-12H3;1,3,9-14H2,2,4-8H3;10*1H4. The molecule has 0 aromatic heterocycles. The van der Waals surface area contributed by atoms with Gasteiger partial charge >= 0.3 is 47.2 Å². The lowest BCUT2D eigenvalue weighted by Crippen LogP contribution is -2.58. The van der Waals surface area contributed by atoms with Crippen molar-refractivity contribution in [3.63, 3.8) is 0 Å². The van der Waals surface area contributed by atoms with Gasteiger partial charge in [-0.15, -0.1) is 0 Å². The maximum Gasteiger partial charge on any atom is 0.389 e. The highest BCUT2D eigenvalue weighted by Crippen LogP contribution is 2.32. The fraction of sp³-hybridized carbons (Fsp3) is 0.755. The Morgan fingerprint density at radius 1 is 0.444 bits per heavy atom. The molecular weight excluding hydrogens is 1050 g/mol. The van der Waals surface area contributed by atoms with Crippen LogP contribution in [-0.2, 0) is 58.7 Å². The quantitative estimate of drug-likeness (QED) is 0.0240. The molecule has 0 rings (SSSR count). The van der Waals surface area contributed by atoms with Crippen LogP contribution in [0.3, 0.4) is 0 Å². The smallest absolute Gasteiger partial charge is 0.389 e. The molecule has 0 bridgehead atoms. The molecule has 2 unspecified atom stereocenters. The molecule has 72 heavy (non-hydrogen) atoms. The third-order valence-corrected chi connectivity index (χ3v) is 33.6. The summed E-state index contributed by atoms with van der Waals surface area (Å²) in [6, 6.07) is 1.56. The predicted octanol–water partition coefficient (Wildman–Crippen LogP) is 16.1. The third-order valence-electron chi connectivity index (χ3n) is 8.11. The molecule has 2 atom stereocenters. The summed E-state index contributed by atoms with van der Waals surface area (Å²) < 4.78 is 91.6. The lowest BCUT2D eigenvalue weighted by atomic mass is 10.4. The molecule has 0 N–H and O–H groups in total. The molecule has 0 fully saturated rings. The summed E-state index contributed by atoms with van der Waals surface area (Å²) >= 11 is 0. The fourth-order valence-electron chi connectivity index (χ4n) is 5.70. The molecule has 0 aliphatic heterocycles. The average Bonchev–Trinajstić information content (AvgIpc) is 3.07. The fourth-order valence-corrected chi connectivity index (χ4v) is 34.9. The maximum absolute atomic E-state index is 13.1. The predicted molar refractivity (Wildman–Crippen MR) is 322 cm³/mol. The van der Waals surface area contributed by atoms with Crippen molar-refractivity contribution < 1.29 is 71.9 Å². The minimum atomic E-state index is -4.38. The summed E-state index contributed by atoms with van der Waals surface area (Å²) in [6.45, 7) is 44.3. The van der Waals surface area contributed by atoms with Gasteiger partial charge in [0.1, 0.15) is 12.5 Å². The van der Waals surface area contributed by atoms with E-state index in [1.807, 2.05) is 13.1 Å². The number of halogens is 3. The van der Waals surface area contributed by atoms with Crippen molar-refractivity contribution >= 4 is 83.6 Å². The van der Waals surface area contributed by atoms with Gasteiger partial charge in [-0.3, -0.25) is 0 Å². The molecule has 0 saturated carbocycles. The van der Waals surface area contributed by atoms with E-state index in [1.54, 1.807) is 60.1 Å². The first-order valence-electron chi connectivity index (χ1n) is 20.6. The van der Waals surface area contributed by atoms with Crippen LogP contribution in [0.4, 0.5) is 13.2 Å². The van der Waals surface area contributed by atoms with E-state index in [4.69, 9.17) is 39.5 Å². The third kappa shape index (κ3) is 51.4.